The predicted octanol–water partition coefficient (Wildman–Crippen LogP) is 3.43. The zero-order valence-electron chi connectivity index (χ0n) is 12.1. The van der Waals surface area contributed by atoms with Crippen LogP contribution in [0.3, 0.4) is 0 Å². The first-order valence-electron chi connectivity index (χ1n) is 6.60. The van der Waals surface area contributed by atoms with Crippen molar-refractivity contribution < 1.29 is 19.1 Å². The van der Waals surface area contributed by atoms with Gasteiger partial charge in [-0.1, -0.05) is 23.9 Å². The van der Waals surface area contributed by atoms with Gasteiger partial charge >= 0.3 is 11.9 Å². The molecule has 0 aliphatic rings. The molecule has 0 radical (unpaired) electrons. The van der Waals surface area contributed by atoms with Crippen LogP contribution in [-0.2, 0) is 19.1 Å². The average molecular weight is 306 g/mol. The van der Waals surface area contributed by atoms with Gasteiger partial charge in [-0.2, -0.15) is 0 Å². The van der Waals surface area contributed by atoms with Crippen molar-refractivity contribution in [1.82, 2.24) is 0 Å². The highest BCUT2D eigenvalue weighted by Crippen LogP contribution is 2.20. The number of benzene rings is 1. The van der Waals surface area contributed by atoms with Gasteiger partial charge in [-0.3, -0.25) is 0 Å². The lowest BCUT2D eigenvalue weighted by Crippen LogP contribution is -1.98. The van der Waals surface area contributed by atoms with Gasteiger partial charge in [-0.05, 0) is 43.0 Å². The molecule has 112 valence electrons. The van der Waals surface area contributed by atoms with E-state index in [9.17, 15) is 9.59 Å². The first kappa shape index (κ1) is 17.0. The molecule has 0 N–H and O–H groups in total. The maximum Gasteiger partial charge on any atom is 0.331 e. The second kappa shape index (κ2) is 9.83. The lowest BCUT2D eigenvalue weighted by molar-refractivity contribution is -0.138. The van der Waals surface area contributed by atoms with Gasteiger partial charge in [0, 0.05) is 17.0 Å². The van der Waals surface area contributed by atoms with Crippen molar-refractivity contribution in [1.29, 1.82) is 0 Å². The Bertz CT molecular complexity index is 518. The minimum absolute atomic E-state index is 0.348. The third kappa shape index (κ3) is 7.37. The lowest BCUT2D eigenvalue weighted by atomic mass is 10.2. The molecule has 0 aliphatic carbocycles. The molecule has 1 aromatic carbocycles. The van der Waals surface area contributed by atoms with E-state index in [2.05, 4.69) is 0 Å². The van der Waals surface area contributed by atoms with Gasteiger partial charge in [0.1, 0.15) is 0 Å². The zero-order chi connectivity index (χ0) is 15.5. The summed E-state index contributed by atoms with van der Waals surface area (Å²) in [7, 11) is 0. The van der Waals surface area contributed by atoms with Crippen molar-refractivity contribution in [3.05, 3.63) is 47.4 Å². The minimum Gasteiger partial charge on any atom is -0.463 e. The van der Waals surface area contributed by atoms with Crippen molar-refractivity contribution in [2.45, 2.75) is 18.7 Å². The van der Waals surface area contributed by atoms with Crippen LogP contribution in [0, 0.1) is 0 Å². The molecular weight excluding hydrogens is 288 g/mol. The Morgan fingerprint density at radius 1 is 1.00 bits per heavy atom. The summed E-state index contributed by atoms with van der Waals surface area (Å²) in [6.07, 6.45) is 4.48. The molecule has 0 bridgehead atoms. The lowest BCUT2D eigenvalue weighted by Gasteiger charge is -1.98. The summed E-state index contributed by atoms with van der Waals surface area (Å²) in [5, 5.41) is 1.68. The monoisotopic (exact) mass is 306 g/mol. The highest BCUT2D eigenvalue weighted by Gasteiger charge is 1.96. The molecule has 0 spiro atoms. The Morgan fingerprint density at radius 3 is 2.14 bits per heavy atom. The summed E-state index contributed by atoms with van der Waals surface area (Å²) in [5.74, 6) is -0.702. The average Bonchev–Trinajstić information content (AvgIpc) is 2.47. The van der Waals surface area contributed by atoms with Gasteiger partial charge in [0.05, 0.1) is 13.2 Å². The maximum atomic E-state index is 11.2. The third-order valence-electron chi connectivity index (χ3n) is 2.27. The van der Waals surface area contributed by atoms with E-state index in [0.717, 1.165) is 10.5 Å². The van der Waals surface area contributed by atoms with E-state index in [1.165, 1.54) is 23.9 Å². The summed E-state index contributed by atoms with van der Waals surface area (Å²) >= 11 is 1.42. The molecule has 0 unspecified atom stereocenters. The molecule has 0 aliphatic heterocycles. The van der Waals surface area contributed by atoms with Gasteiger partial charge in [-0.15, -0.1) is 0 Å². The van der Waals surface area contributed by atoms with Crippen LogP contribution in [0.4, 0.5) is 0 Å². The number of carbonyl (C=O) groups excluding carboxylic acids is 2. The molecule has 0 saturated heterocycles. The van der Waals surface area contributed by atoms with Crippen LogP contribution in [0.25, 0.3) is 6.08 Å². The van der Waals surface area contributed by atoms with Crippen molar-refractivity contribution >= 4 is 29.8 Å². The van der Waals surface area contributed by atoms with Gasteiger partial charge in [0.2, 0.25) is 0 Å². The van der Waals surface area contributed by atoms with E-state index in [4.69, 9.17) is 9.47 Å². The summed E-state index contributed by atoms with van der Waals surface area (Å²) in [4.78, 5) is 23.3. The molecule has 21 heavy (non-hydrogen) atoms. The molecule has 1 aromatic rings. The highest BCUT2D eigenvalue weighted by molar-refractivity contribution is 8.02. The zero-order valence-corrected chi connectivity index (χ0v) is 12.9. The maximum absolute atomic E-state index is 11.2. The molecule has 4 nitrogen and oxygen atoms in total. The van der Waals surface area contributed by atoms with Gasteiger partial charge in [0.25, 0.3) is 0 Å². The number of thioether (sulfide) groups is 1. The largest absolute Gasteiger partial charge is 0.463 e. The fourth-order valence-corrected chi connectivity index (χ4v) is 2.00. The van der Waals surface area contributed by atoms with E-state index >= 15 is 0 Å². The van der Waals surface area contributed by atoms with Crippen LogP contribution in [0.2, 0.25) is 0 Å². The first-order valence-corrected chi connectivity index (χ1v) is 7.48. The Labute approximate surface area is 128 Å². The number of rotatable bonds is 7. The van der Waals surface area contributed by atoms with Crippen molar-refractivity contribution in [2.75, 3.05) is 13.2 Å². The van der Waals surface area contributed by atoms with Crippen LogP contribution < -0.4 is 0 Å². The summed E-state index contributed by atoms with van der Waals surface area (Å²) < 4.78 is 9.58. The standard InChI is InChI=1S/C16H18O4S/c1-3-19-15(17)10-7-13-5-8-14(9-6-13)21-12-11-16(18)20-4-2/h5-12H,3-4H2,1-2H3. The Balaban J connectivity index is 2.50. The molecule has 0 saturated carbocycles. The van der Waals surface area contributed by atoms with E-state index in [1.54, 1.807) is 25.3 Å². The van der Waals surface area contributed by atoms with Crippen LogP contribution in [0.5, 0.6) is 0 Å². The smallest absolute Gasteiger partial charge is 0.331 e. The van der Waals surface area contributed by atoms with Gasteiger partial charge < -0.3 is 9.47 Å². The molecule has 0 heterocycles. The number of esters is 2. The first-order chi connectivity index (χ1) is 10.2. The third-order valence-corrected chi connectivity index (χ3v) is 3.09. The van der Waals surface area contributed by atoms with Gasteiger partial charge in [0.15, 0.2) is 0 Å². The Hall–Kier alpha value is -2.01. The molecular formula is C16H18O4S. The van der Waals surface area contributed by atoms with Crippen LogP contribution in [0.15, 0.2) is 46.7 Å². The van der Waals surface area contributed by atoms with E-state index in [0.29, 0.717) is 13.2 Å². The van der Waals surface area contributed by atoms with Crippen molar-refractivity contribution in [2.24, 2.45) is 0 Å². The predicted molar refractivity (Wildman–Crippen MR) is 83.7 cm³/mol. The molecule has 0 amide bonds. The second-order valence-electron chi connectivity index (χ2n) is 3.83. The Kier molecular flexibility index (Phi) is 7.97. The summed E-state index contributed by atoms with van der Waals surface area (Å²) in [6, 6.07) is 7.59. The van der Waals surface area contributed by atoms with Gasteiger partial charge in [-0.25, -0.2) is 9.59 Å². The van der Waals surface area contributed by atoms with Crippen LogP contribution in [-0.4, -0.2) is 25.2 Å². The number of carbonyl (C=O) groups is 2. The SMILES string of the molecule is CCOC(=O)C=CSc1ccc(C=CC(=O)OCC)cc1. The Morgan fingerprint density at radius 2 is 1.57 bits per heavy atom. The highest BCUT2D eigenvalue weighted by atomic mass is 32.2. The molecule has 0 fully saturated rings. The molecule has 1 rings (SSSR count). The van der Waals surface area contributed by atoms with E-state index in [1.807, 2.05) is 24.3 Å². The second-order valence-corrected chi connectivity index (χ2v) is 4.81. The summed E-state index contributed by atoms with van der Waals surface area (Å²) in [5.41, 5.74) is 0.904. The number of ether oxygens (including phenoxy) is 2. The molecule has 0 aromatic heterocycles. The molecule has 5 heteroatoms. The quantitative estimate of drug-likeness (QED) is 0.439. The minimum atomic E-state index is -0.353. The fourth-order valence-electron chi connectivity index (χ4n) is 1.37. The normalized spacial score (nSPS) is 11.0. The number of hydrogen-bond donors (Lipinski definition) is 0. The fraction of sp³-hybridized carbons (Fsp3) is 0.250. The van der Waals surface area contributed by atoms with E-state index in [-0.39, 0.29) is 11.9 Å². The topological polar surface area (TPSA) is 52.6 Å². The van der Waals surface area contributed by atoms with E-state index < -0.39 is 0 Å². The van der Waals surface area contributed by atoms with Crippen molar-refractivity contribution in [3.63, 3.8) is 0 Å². The van der Waals surface area contributed by atoms with Crippen LogP contribution >= 0.6 is 11.8 Å². The number of hydrogen-bond acceptors (Lipinski definition) is 5. The van der Waals surface area contributed by atoms with Crippen molar-refractivity contribution in [3.8, 4) is 0 Å². The van der Waals surface area contributed by atoms with Crippen LogP contribution in [0.1, 0.15) is 19.4 Å². The molecule has 0 atom stereocenters. The summed E-state index contributed by atoms with van der Waals surface area (Å²) in [6.45, 7) is 4.27.